The van der Waals surface area contributed by atoms with Crippen molar-refractivity contribution in [2.45, 2.75) is 50.5 Å². The van der Waals surface area contributed by atoms with Gasteiger partial charge in [-0.1, -0.05) is 13.8 Å². The molecule has 3 heterocycles. The van der Waals surface area contributed by atoms with Gasteiger partial charge in [-0.2, -0.15) is 5.10 Å². The van der Waals surface area contributed by atoms with Gasteiger partial charge in [0, 0.05) is 23.9 Å². The van der Waals surface area contributed by atoms with Crippen LogP contribution in [0.2, 0.25) is 0 Å². The molecule has 0 aliphatic carbocycles. The zero-order valence-corrected chi connectivity index (χ0v) is 20.5. The molecule has 4 rings (SSSR count). The quantitative estimate of drug-likeness (QED) is 0.544. The second kappa shape index (κ2) is 7.87. The van der Waals surface area contributed by atoms with E-state index >= 15 is 0 Å². The molecule has 0 saturated carbocycles. The van der Waals surface area contributed by atoms with Gasteiger partial charge < -0.3 is 5.32 Å². The first-order valence-electron chi connectivity index (χ1n) is 10.5. The van der Waals surface area contributed by atoms with Crippen molar-refractivity contribution in [3.05, 3.63) is 47.6 Å². The molecule has 3 N–H and O–H groups in total. The number of nitrogens with zero attached hydrogens (tertiary/aromatic N) is 2. The van der Waals surface area contributed by atoms with E-state index in [-0.39, 0.29) is 27.9 Å². The molecular formula is C21H27N5O5S2. The Kier molecular flexibility index (Phi) is 5.56. The zero-order chi connectivity index (χ0) is 24.2. The van der Waals surface area contributed by atoms with E-state index in [4.69, 9.17) is 0 Å². The largest absolute Gasteiger partial charge is 0.340 e. The van der Waals surface area contributed by atoms with Crippen LogP contribution in [-0.2, 0) is 25.6 Å². The SMILES string of the molecule is CC(C)CCC1(C)CC(=C2Nc3ccc(NS(C)(=O)=O)cc3S(=O)(=O)N2)C(=O)c2ccnn21. The molecule has 2 aromatic rings. The minimum atomic E-state index is -4.05. The number of carbonyl (C=O) groups excluding carboxylic acids is 1. The smallest absolute Gasteiger partial charge is 0.265 e. The highest BCUT2D eigenvalue weighted by Crippen LogP contribution is 2.40. The van der Waals surface area contributed by atoms with E-state index < -0.39 is 25.6 Å². The summed E-state index contributed by atoms with van der Waals surface area (Å²) in [6.45, 7) is 6.27. The van der Waals surface area contributed by atoms with Crippen LogP contribution < -0.4 is 14.8 Å². The van der Waals surface area contributed by atoms with Crippen molar-refractivity contribution >= 4 is 37.2 Å². The van der Waals surface area contributed by atoms with Crippen molar-refractivity contribution in [2.75, 3.05) is 16.3 Å². The Labute approximate surface area is 193 Å². The van der Waals surface area contributed by atoms with E-state index in [0.717, 1.165) is 19.1 Å². The van der Waals surface area contributed by atoms with Crippen LogP contribution in [0.4, 0.5) is 11.4 Å². The first-order valence-corrected chi connectivity index (χ1v) is 13.9. The van der Waals surface area contributed by atoms with Crippen molar-refractivity contribution in [2.24, 2.45) is 5.92 Å². The van der Waals surface area contributed by atoms with Crippen LogP contribution in [0.5, 0.6) is 0 Å². The van der Waals surface area contributed by atoms with E-state index in [1.54, 1.807) is 16.9 Å². The normalized spacial score (nSPS) is 24.0. The summed E-state index contributed by atoms with van der Waals surface area (Å²) in [7, 11) is -7.62. The lowest BCUT2D eigenvalue weighted by Crippen LogP contribution is -2.43. The van der Waals surface area contributed by atoms with E-state index in [2.05, 4.69) is 33.7 Å². The maximum Gasteiger partial charge on any atom is 0.265 e. The molecule has 1 aromatic heterocycles. The van der Waals surface area contributed by atoms with E-state index in [1.807, 2.05) is 6.92 Å². The highest BCUT2D eigenvalue weighted by molar-refractivity contribution is 7.92. The number of nitrogens with one attached hydrogen (secondary N) is 3. The summed E-state index contributed by atoms with van der Waals surface area (Å²) in [5, 5.41) is 7.41. The summed E-state index contributed by atoms with van der Waals surface area (Å²) >= 11 is 0. The summed E-state index contributed by atoms with van der Waals surface area (Å²) in [5.74, 6) is 0.278. The number of Topliss-reactive ketones (excluding diaryl/α,β-unsaturated/α-hetero) is 1. The van der Waals surface area contributed by atoms with Crippen molar-refractivity contribution in [3.8, 4) is 0 Å². The summed E-state index contributed by atoms with van der Waals surface area (Å²) in [6.07, 6.45) is 4.56. The number of hydrogen-bond acceptors (Lipinski definition) is 7. The lowest BCUT2D eigenvalue weighted by molar-refractivity contribution is 0.0956. The molecule has 1 aromatic carbocycles. The standard InChI is InChI=1S/C21H27N5O5S2/c1-13(2)7-9-21(3)12-15(19(27)17-8-10-22-26(17)21)20-23-16-6-5-14(24-32(4,28)29)11-18(16)33(30,31)25-20/h5-6,8,10-11,13,23-25H,7,9,12H2,1-4H3. The van der Waals surface area contributed by atoms with Gasteiger partial charge >= 0.3 is 0 Å². The predicted octanol–water partition coefficient (Wildman–Crippen LogP) is 2.61. The number of ketones is 1. The maximum atomic E-state index is 13.3. The van der Waals surface area contributed by atoms with Crippen LogP contribution in [0.1, 0.15) is 50.5 Å². The summed E-state index contributed by atoms with van der Waals surface area (Å²) in [4.78, 5) is 13.2. The molecule has 2 aliphatic heterocycles. The number of anilines is 2. The number of carbonyl (C=O) groups is 1. The zero-order valence-electron chi connectivity index (χ0n) is 18.8. The molecule has 0 fully saturated rings. The van der Waals surface area contributed by atoms with Crippen LogP contribution in [0, 0.1) is 5.92 Å². The minimum absolute atomic E-state index is 0.111. The molecule has 1 unspecified atom stereocenters. The third-order valence-electron chi connectivity index (χ3n) is 5.85. The maximum absolute atomic E-state index is 13.3. The van der Waals surface area contributed by atoms with Crippen molar-refractivity contribution in [3.63, 3.8) is 0 Å². The highest BCUT2D eigenvalue weighted by Gasteiger charge is 2.41. The average Bonchev–Trinajstić information content (AvgIpc) is 3.20. The van der Waals surface area contributed by atoms with Crippen LogP contribution in [0.15, 0.2) is 46.8 Å². The van der Waals surface area contributed by atoms with E-state index in [1.165, 1.54) is 18.2 Å². The first kappa shape index (κ1) is 23.3. The Morgan fingerprint density at radius 3 is 2.67 bits per heavy atom. The van der Waals surface area contributed by atoms with Crippen molar-refractivity contribution in [1.82, 2.24) is 14.5 Å². The molecule has 0 bridgehead atoms. The number of rotatable bonds is 5. The Balaban J connectivity index is 1.77. The summed E-state index contributed by atoms with van der Waals surface area (Å²) in [5.41, 5.74) is 0.636. The van der Waals surface area contributed by atoms with Crippen LogP contribution in [0.25, 0.3) is 0 Å². The Bertz CT molecular complexity index is 1380. The fraction of sp³-hybridized carbons (Fsp3) is 0.429. The third-order valence-corrected chi connectivity index (χ3v) is 7.85. The number of fused-ring (bicyclic) bond motifs is 2. The van der Waals surface area contributed by atoms with Gasteiger partial charge in [-0.3, -0.25) is 18.9 Å². The van der Waals surface area contributed by atoms with Crippen LogP contribution >= 0.6 is 0 Å². The second-order valence-electron chi connectivity index (χ2n) is 9.23. The number of sulfonamides is 2. The van der Waals surface area contributed by atoms with E-state index in [0.29, 0.717) is 23.6 Å². The summed E-state index contributed by atoms with van der Waals surface area (Å²) < 4.78 is 55.6. The molecule has 10 nitrogen and oxygen atoms in total. The Morgan fingerprint density at radius 2 is 2.00 bits per heavy atom. The fourth-order valence-corrected chi connectivity index (χ4v) is 6.00. The fourth-order valence-electron chi connectivity index (χ4n) is 4.20. The van der Waals surface area contributed by atoms with Gasteiger partial charge in [0.2, 0.25) is 15.8 Å². The number of benzene rings is 1. The molecule has 2 aliphatic rings. The lowest BCUT2D eigenvalue weighted by atomic mass is 9.81. The molecule has 0 radical (unpaired) electrons. The molecule has 0 amide bonds. The molecule has 0 saturated heterocycles. The van der Waals surface area contributed by atoms with Crippen molar-refractivity contribution < 1.29 is 21.6 Å². The van der Waals surface area contributed by atoms with Gasteiger partial charge in [0.05, 0.1) is 17.5 Å². The molecule has 178 valence electrons. The number of aromatic nitrogens is 2. The Morgan fingerprint density at radius 1 is 1.27 bits per heavy atom. The number of allylic oxidation sites excluding steroid dienone is 1. The average molecular weight is 494 g/mol. The van der Waals surface area contributed by atoms with Crippen molar-refractivity contribution in [1.29, 1.82) is 0 Å². The summed E-state index contributed by atoms with van der Waals surface area (Å²) in [6, 6.07) is 5.81. The molecule has 1 atom stereocenters. The van der Waals surface area contributed by atoms with Crippen LogP contribution in [-0.4, -0.2) is 38.7 Å². The van der Waals surface area contributed by atoms with Crippen LogP contribution in [0.3, 0.4) is 0 Å². The van der Waals surface area contributed by atoms with Gasteiger partial charge in [-0.25, -0.2) is 16.8 Å². The first-order chi connectivity index (χ1) is 15.3. The number of hydrogen-bond donors (Lipinski definition) is 3. The predicted molar refractivity (Wildman–Crippen MR) is 125 cm³/mol. The van der Waals surface area contributed by atoms with Gasteiger partial charge in [-0.05, 0) is 49.9 Å². The molecule has 33 heavy (non-hydrogen) atoms. The topological polar surface area (TPSA) is 139 Å². The van der Waals surface area contributed by atoms with Gasteiger partial charge in [0.15, 0.2) is 0 Å². The Hall–Kier alpha value is -2.86. The monoisotopic (exact) mass is 493 g/mol. The highest BCUT2D eigenvalue weighted by atomic mass is 32.2. The molecule has 0 spiro atoms. The third kappa shape index (κ3) is 4.49. The lowest BCUT2D eigenvalue weighted by Gasteiger charge is -2.38. The minimum Gasteiger partial charge on any atom is -0.340 e. The second-order valence-corrected chi connectivity index (χ2v) is 12.6. The molecular weight excluding hydrogens is 466 g/mol. The van der Waals surface area contributed by atoms with Gasteiger partial charge in [-0.15, -0.1) is 0 Å². The van der Waals surface area contributed by atoms with E-state index in [9.17, 15) is 21.6 Å². The van der Waals surface area contributed by atoms with Gasteiger partial charge in [0.1, 0.15) is 16.4 Å². The molecule has 12 heteroatoms. The van der Waals surface area contributed by atoms with Gasteiger partial charge in [0.25, 0.3) is 10.0 Å².